The molecule has 0 radical (unpaired) electrons. The van der Waals surface area contributed by atoms with E-state index in [-0.39, 0.29) is 5.91 Å². The molecular formula is C15H24N4O. The van der Waals surface area contributed by atoms with Crippen molar-refractivity contribution in [3.63, 3.8) is 0 Å². The minimum absolute atomic E-state index is 0.106. The smallest absolute Gasteiger partial charge is 0.254 e. The lowest BCUT2D eigenvalue weighted by atomic mass is 10.1. The zero-order valence-corrected chi connectivity index (χ0v) is 12.4. The summed E-state index contributed by atoms with van der Waals surface area (Å²) in [5.74, 6) is 6.09. The van der Waals surface area contributed by atoms with Crippen molar-refractivity contribution < 1.29 is 4.79 Å². The molecule has 1 aromatic rings. The number of pyridine rings is 1. The first-order chi connectivity index (χ1) is 9.69. The molecule has 0 aliphatic heterocycles. The molecule has 0 bridgehead atoms. The Morgan fingerprint density at radius 2 is 2.20 bits per heavy atom. The van der Waals surface area contributed by atoms with Crippen molar-refractivity contribution in [2.24, 2.45) is 5.84 Å². The number of rotatable bonds is 7. The number of nitrogens with one attached hydrogen (secondary N) is 1. The summed E-state index contributed by atoms with van der Waals surface area (Å²) in [4.78, 5) is 19.0. The normalized spacial score (nSPS) is 14.2. The van der Waals surface area contributed by atoms with Gasteiger partial charge in [0, 0.05) is 23.8 Å². The van der Waals surface area contributed by atoms with Gasteiger partial charge in [-0.05, 0) is 37.8 Å². The predicted molar refractivity (Wildman–Crippen MR) is 80.4 cm³/mol. The van der Waals surface area contributed by atoms with Crippen LogP contribution in [0.4, 0.5) is 5.82 Å². The first-order valence-electron chi connectivity index (χ1n) is 7.48. The van der Waals surface area contributed by atoms with Crippen LogP contribution in [0.25, 0.3) is 0 Å². The number of aromatic nitrogens is 1. The van der Waals surface area contributed by atoms with Crippen molar-refractivity contribution in [1.29, 1.82) is 0 Å². The van der Waals surface area contributed by atoms with Crippen molar-refractivity contribution in [3.05, 3.63) is 23.4 Å². The zero-order chi connectivity index (χ0) is 14.5. The zero-order valence-electron chi connectivity index (χ0n) is 12.4. The first-order valence-corrected chi connectivity index (χ1v) is 7.48. The van der Waals surface area contributed by atoms with Gasteiger partial charge in [-0.1, -0.05) is 20.3 Å². The number of nitrogens with two attached hydrogens (primary N) is 1. The summed E-state index contributed by atoms with van der Waals surface area (Å²) in [5.41, 5.74) is 4.11. The van der Waals surface area contributed by atoms with Crippen molar-refractivity contribution in [1.82, 2.24) is 9.88 Å². The molecule has 0 spiro atoms. The second kappa shape index (κ2) is 6.70. The molecule has 1 heterocycles. The molecular weight excluding hydrogens is 252 g/mol. The highest BCUT2D eigenvalue weighted by Gasteiger charge is 2.32. The van der Waals surface area contributed by atoms with E-state index in [9.17, 15) is 4.79 Å². The summed E-state index contributed by atoms with van der Waals surface area (Å²) in [6.07, 6.45) is 5.19. The average molecular weight is 276 g/mol. The summed E-state index contributed by atoms with van der Waals surface area (Å²) < 4.78 is 0. The predicted octanol–water partition coefficient (Wildman–Crippen LogP) is 2.33. The quantitative estimate of drug-likeness (QED) is 0.592. The molecule has 1 aliphatic carbocycles. The van der Waals surface area contributed by atoms with Crippen molar-refractivity contribution in [2.75, 3.05) is 12.0 Å². The molecule has 5 nitrogen and oxygen atoms in total. The van der Waals surface area contributed by atoms with Gasteiger partial charge in [-0.2, -0.15) is 0 Å². The topological polar surface area (TPSA) is 71.2 Å². The van der Waals surface area contributed by atoms with Gasteiger partial charge in [0.05, 0.1) is 0 Å². The fourth-order valence-electron chi connectivity index (χ4n) is 2.30. The Hall–Kier alpha value is -1.62. The van der Waals surface area contributed by atoms with E-state index in [4.69, 9.17) is 5.84 Å². The van der Waals surface area contributed by atoms with Crippen LogP contribution in [0.1, 0.15) is 55.6 Å². The number of nitrogens with zero attached hydrogens (tertiary/aromatic N) is 2. The van der Waals surface area contributed by atoms with Crippen molar-refractivity contribution in [3.8, 4) is 0 Å². The van der Waals surface area contributed by atoms with E-state index in [1.807, 2.05) is 17.9 Å². The molecule has 2 rings (SSSR count). The molecule has 0 unspecified atom stereocenters. The molecule has 110 valence electrons. The Morgan fingerprint density at radius 1 is 1.45 bits per heavy atom. The van der Waals surface area contributed by atoms with E-state index in [0.29, 0.717) is 17.4 Å². The number of carbonyl (C=O) groups excluding carboxylic acids is 1. The van der Waals surface area contributed by atoms with Crippen LogP contribution in [-0.2, 0) is 6.42 Å². The van der Waals surface area contributed by atoms with Gasteiger partial charge in [0.1, 0.15) is 5.82 Å². The second-order valence-electron chi connectivity index (χ2n) is 5.31. The SMILES string of the molecule is CCCCN(C(=O)c1cc(CC)nc(NN)c1)C1CC1. The average Bonchev–Trinajstić information content (AvgIpc) is 3.31. The maximum Gasteiger partial charge on any atom is 0.254 e. The highest BCUT2D eigenvalue weighted by Crippen LogP contribution is 2.29. The number of aryl methyl sites for hydroxylation is 1. The van der Waals surface area contributed by atoms with Gasteiger partial charge in [0.25, 0.3) is 5.91 Å². The summed E-state index contributed by atoms with van der Waals surface area (Å²) in [6, 6.07) is 4.05. The number of anilines is 1. The highest BCUT2D eigenvalue weighted by molar-refractivity contribution is 5.95. The molecule has 1 amide bonds. The maximum atomic E-state index is 12.7. The Kier molecular flexibility index (Phi) is 4.95. The lowest BCUT2D eigenvalue weighted by Crippen LogP contribution is -2.34. The fourth-order valence-corrected chi connectivity index (χ4v) is 2.30. The third kappa shape index (κ3) is 3.48. The van der Waals surface area contributed by atoms with Gasteiger partial charge in [0.15, 0.2) is 0 Å². The summed E-state index contributed by atoms with van der Waals surface area (Å²) in [5, 5.41) is 0. The molecule has 5 heteroatoms. The van der Waals surface area contributed by atoms with E-state index in [0.717, 1.165) is 44.3 Å². The molecule has 3 N–H and O–H groups in total. The molecule has 0 saturated heterocycles. The largest absolute Gasteiger partial charge is 0.336 e. The van der Waals surface area contributed by atoms with Gasteiger partial charge >= 0.3 is 0 Å². The number of hydrogen-bond acceptors (Lipinski definition) is 4. The van der Waals surface area contributed by atoms with Gasteiger partial charge in [-0.25, -0.2) is 10.8 Å². The van der Waals surface area contributed by atoms with E-state index in [2.05, 4.69) is 17.3 Å². The van der Waals surface area contributed by atoms with Crippen LogP contribution < -0.4 is 11.3 Å². The number of amides is 1. The Morgan fingerprint density at radius 3 is 2.75 bits per heavy atom. The molecule has 1 aromatic heterocycles. The summed E-state index contributed by atoms with van der Waals surface area (Å²) in [6.45, 7) is 5.01. The third-order valence-corrected chi connectivity index (χ3v) is 3.64. The molecule has 20 heavy (non-hydrogen) atoms. The monoisotopic (exact) mass is 276 g/mol. The van der Waals surface area contributed by atoms with Gasteiger partial charge < -0.3 is 10.3 Å². The Balaban J connectivity index is 2.21. The molecule has 1 fully saturated rings. The lowest BCUT2D eigenvalue weighted by Gasteiger charge is -2.22. The van der Waals surface area contributed by atoms with Crippen LogP contribution in [0, 0.1) is 0 Å². The number of unbranched alkanes of at least 4 members (excludes halogenated alkanes) is 1. The van der Waals surface area contributed by atoms with Gasteiger partial charge in [-0.3, -0.25) is 4.79 Å². The van der Waals surface area contributed by atoms with E-state index in [1.54, 1.807) is 6.07 Å². The van der Waals surface area contributed by atoms with E-state index >= 15 is 0 Å². The van der Waals surface area contributed by atoms with Crippen LogP contribution >= 0.6 is 0 Å². The number of carbonyl (C=O) groups is 1. The van der Waals surface area contributed by atoms with Gasteiger partial charge in [0.2, 0.25) is 0 Å². The van der Waals surface area contributed by atoms with Crippen molar-refractivity contribution in [2.45, 2.75) is 52.0 Å². The lowest BCUT2D eigenvalue weighted by molar-refractivity contribution is 0.0740. The van der Waals surface area contributed by atoms with Crippen LogP contribution in [0.2, 0.25) is 0 Å². The number of hydrogen-bond donors (Lipinski definition) is 2. The Bertz CT molecular complexity index is 449. The molecule has 0 aromatic carbocycles. The second-order valence-corrected chi connectivity index (χ2v) is 5.31. The summed E-state index contributed by atoms with van der Waals surface area (Å²) in [7, 11) is 0. The number of hydrazine groups is 1. The highest BCUT2D eigenvalue weighted by atomic mass is 16.2. The van der Waals surface area contributed by atoms with Crippen LogP contribution in [0.15, 0.2) is 12.1 Å². The molecule has 1 aliphatic rings. The Labute approximate surface area is 120 Å². The molecule has 1 saturated carbocycles. The van der Waals surface area contributed by atoms with Crippen LogP contribution in [-0.4, -0.2) is 28.4 Å². The minimum atomic E-state index is 0.106. The standard InChI is InChI=1S/C15H24N4O/c1-3-5-8-19(13-6-7-13)15(20)11-9-12(4-2)17-14(10-11)18-16/h9-10,13H,3-8,16H2,1-2H3,(H,17,18). The molecule has 0 atom stereocenters. The minimum Gasteiger partial charge on any atom is -0.336 e. The summed E-state index contributed by atoms with van der Waals surface area (Å²) >= 11 is 0. The number of nitrogen functional groups attached to an aromatic ring is 1. The van der Waals surface area contributed by atoms with Gasteiger partial charge in [-0.15, -0.1) is 0 Å². The first kappa shape index (κ1) is 14.8. The van der Waals surface area contributed by atoms with Crippen LogP contribution in [0.5, 0.6) is 0 Å². The third-order valence-electron chi connectivity index (χ3n) is 3.64. The van der Waals surface area contributed by atoms with E-state index in [1.165, 1.54) is 0 Å². The fraction of sp³-hybridized carbons (Fsp3) is 0.600. The van der Waals surface area contributed by atoms with E-state index < -0.39 is 0 Å². The van der Waals surface area contributed by atoms with Crippen LogP contribution in [0.3, 0.4) is 0 Å². The maximum absolute atomic E-state index is 12.7. The van der Waals surface area contributed by atoms with Crippen molar-refractivity contribution >= 4 is 11.7 Å².